The summed E-state index contributed by atoms with van der Waals surface area (Å²) < 4.78 is 20.7. The molecule has 0 spiro atoms. The third kappa shape index (κ3) is 7.22. The Bertz CT molecular complexity index is 977. The van der Waals surface area contributed by atoms with Gasteiger partial charge in [0.25, 0.3) is 0 Å². The van der Waals surface area contributed by atoms with E-state index in [2.05, 4.69) is 15.8 Å². The quantitative estimate of drug-likeness (QED) is 0.283. The Labute approximate surface area is 186 Å². The fraction of sp³-hybridized carbons (Fsp3) is 0.261. The van der Waals surface area contributed by atoms with Crippen molar-refractivity contribution in [3.8, 4) is 16.9 Å². The van der Waals surface area contributed by atoms with E-state index in [1.165, 1.54) is 7.11 Å². The highest BCUT2D eigenvalue weighted by Gasteiger charge is 2.17. The maximum absolute atomic E-state index is 15.4. The molecule has 8 heteroatoms. The van der Waals surface area contributed by atoms with Gasteiger partial charge in [-0.1, -0.05) is 42.0 Å². The summed E-state index contributed by atoms with van der Waals surface area (Å²) in [7, 11) is 1.47. The molecule has 0 unspecified atom stereocenters. The first-order valence-electron chi connectivity index (χ1n) is 9.81. The van der Waals surface area contributed by atoms with Crippen molar-refractivity contribution >= 4 is 17.6 Å². The standard InChI is InChI=1S/C23H25ClFN3O3/c1-3-26-23(29)27-12-5-4-7-16(15-28-30)13-18-10-11-20(31-2)21(22(18)25)17-8-6-9-19(24)14-17/h4,6-11,14-15H,3,5,12-13H2,1-2H3,(H2,26,27,29)/b7-4-,16-15+. The molecule has 0 aliphatic heterocycles. The zero-order valence-electron chi connectivity index (χ0n) is 17.5. The van der Waals surface area contributed by atoms with Gasteiger partial charge in [0.15, 0.2) is 0 Å². The van der Waals surface area contributed by atoms with Crippen LogP contribution in [0, 0.1) is 10.7 Å². The van der Waals surface area contributed by atoms with E-state index in [1.54, 1.807) is 48.6 Å². The zero-order valence-corrected chi connectivity index (χ0v) is 18.2. The highest BCUT2D eigenvalue weighted by molar-refractivity contribution is 6.30. The zero-order chi connectivity index (χ0) is 22.6. The van der Waals surface area contributed by atoms with Crippen LogP contribution in [0.4, 0.5) is 9.18 Å². The first-order chi connectivity index (χ1) is 15.0. The summed E-state index contributed by atoms with van der Waals surface area (Å²) >= 11 is 6.07. The van der Waals surface area contributed by atoms with Crippen LogP contribution in [-0.4, -0.2) is 26.2 Å². The van der Waals surface area contributed by atoms with Gasteiger partial charge in [0.05, 0.1) is 18.9 Å². The molecule has 2 amide bonds. The SMILES string of the molecule is CCNC(=O)NCC/C=C\C(=C/N=O)Cc1ccc(OC)c(-c2cccc(Cl)c2)c1F. The minimum Gasteiger partial charge on any atom is -0.496 e. The van der Waals surface area contributed by atoms with E-state index in [0.29, 0.717) is 52.5 Å². The molecule has 31 heavy (non-hydrogen) atoms. The number of halogens is 2. The molecule has 2 N–H and O–H groups in total. The maximum Gasteiger partial charge on any atom is 0.314 e. The van der Waals surface area contributed by atoms with Gasteiger partial charge >= 0.3 is 6.03 Å². The number of benzene rings is 2. The van der Waals surface area contributed by atoms with Crippen molar-refractivity contribution in [1.82, 2.24) is 10.6 Å². The third-order valence-electron chi connectivity index (χ3n) is 4.40. The number of nitroso groups, excluding NO2 is 1. The molecule has 0 saturated carbocycles. The highest BCUT2D eigenvalue weighted by Crippen LogP contribution is 2.36. The van der Waals surface area contributed by atoms with E-state index < -0.39 is 5.82 Å². The number of ether oxygens (including phenoxy) is 1. The van der Waals surface area contributed by atoms with Crippen LogP contribution in [-0.2, 0) is 6.42 Å². The lowest BCUT2D eigenvalue weighted by Gasteiger charge is -2.14. The normalized spacial score (nSPS) is 11.4. The van der Waals surface area contributed by atoms with Crippen molar-refractivity contribution < 1.29 is 13.9 Å². The van der Waals surface area contributed by atoms with Gasteiger partial charge in [-0.3, -0.25) is 0 Å². The van der Waals surface area contributed by atoms with Crippen LogP contribution >= 0.6 is 11.6 Å². The monoisotopic (exact) mass is 445 g/mol. The number of amides is 2. The average Bonchev–Trinajstić information content (AvgIpc) is 2.74. The Balaban J connectivity index is 2.20. The number of nitrogens with zero attached hydrogens (tertiary/aromatic N) is 1. The Hall–Kier alpha value is -3.19. The summed E-state index contributed by atoms with van der Waals surface area (Å²) in [5.41, 5.74) is 1.82. The smallest absolute Gasteiger partial charge is 0.314 e. The number of hydrogen-bond donors (Lipinski definition) is 2. The summed E-state index contributed by atoms with van der Waals surface area (Å²) in [6.07, 6.45) is 5.35. The molecule has 0 aliphatic rings. The van der Waals surface area contributed by atoms with Gasteiger partial charge in [0.1, 0.15) is 11.6 Å². The van der Waals surface area contributed by atoms with Crippen LogP contribution < -0.4 is 15.4 Å². The minimum atomic E-state index is -0.454. The number of rotatable bonds is 10. The molecule has 0 bridgehead atoms. The van der Waals surface area contributed by atoms with E-state index in [4.69, 9.17) is 16.3 Å². The van der Waals surface area contributed by atoms with Gasteiger partial charge in [0.2, 0.25) is 0 Å². The van der Waals surface area contributed by atoms with E-state index in [9.17, 15) is 9.70 Å². The predicted molar refractivity (Wildman–Crippen MR) is 122 cm³/mol. The number of allylic oxidation sites excluding steroid dienone is 2. The van der Waals surface area contributed by atoms with E-state index in [0.717, 1.165) is 6.20 Å². The maximum atomic E-state index is 15.4. The van der Waals surface area contributed by atoms with E-state index in [-0.39, 0.29) is 12.5 Å². The molecule has 0 heterocycles. The van der Waals surface area contributed by atoms with Gasteiger partial charge in [-0.25, -0.2) is 9.18 Å². The predicted octanol–water partition coefficient (Wildman–Crippen LogP) is 5.61. The molecule has 2 rings (SSSR count). The average molecular weight is 446 g/mol. The number of methoxy groups -OCH3 is 1. The second-order valence-corrected chi connectivity index (χ2v) is 7.03. The Kier molecular flexibility index (Phi) is 9.71. The summed E-state index contributed by atoms with van der Waals surface area (Å²) in [6, 6.07) is 9.92. The number of nitrogens with one attached hydrogen (secondary N) is 2. The molecule has 0 atom stereocenters. The first kappa shape index (κ1) is 24.1. The van der Waals surface area contributed by atoms with Crippen molar-refractivity contribution in [3.05, 3.63) is 81.6 Å². The summed E-state index contributed by atoms with van der Waals surface area (Å²) in [5.74, 6) is -0.0701. The Morgan fingerprint density at radius 3 is 2.74 bits per heavy atom. The molecule has 6 nitrogen and oxygen atoms in total. The van der Waals surface area contributed by atoms with Crippen molar-refractivity contribution in [2.45, 2.75) is 19.8 Å². The second kappa shape index (κ2) is 12.5. The summed E-state index contributed by atoms with van der Waals surface area (Å²) in [4.78, 5) is 22.2. The lowest BCUT2D eigenvalue weighted by atomic mass is 9.97. The Morgan fingerprint density at radius 2 is 2.06 bits per heavy atom. The van der Waals surface area contributed by atoms with Crippen LogP contribution in [0.5, 0.6) is 5.75 Å². The van der Waals surface area contributed by atoms with Crippen molar-refractivity contribution in [2.75, 3.05) is 20.2 Å². The van der Waals surface area contributed by atoms with Crippen LogP contribution in [0.1, 0.15) is 18.9 Å². The van der Waals surface area contributed by atoms with Crippen molar-refractivity contribution in [1.29, 1.82) is 0 Å². The third-order valence-corrected chi connectivity index (χ3v) is 4.63. The molecule has 0 radical (unpaired) electrons. The van der Waals surface area contributed by atoms with Gasteiger partial charge in [0, 0.05) is 24.5 Å². The van der Waals surface area contributed by atoms with Crippen LogP contribution in [0.3, 0.4) is 0 Å². The summed E-state index contributed by atoms with van der Waals surface area (Å²) in [5, 5.41) is 8.65. The molecule has 0 aromatic heterocycles. The van der Waals surface area contributed by atoms with Gasteiger partial charge < -0.3 is 15.4 Å². The van der Waals surface area contributed by atoms with Crippen LogP contribution in [0.25, 0.3) is 11.1 Å². The fourth-order valence-electron chi connectivity index (χ4n) is 2.98. The van der Waals surface area contributed by atoms with Crippen molar-refractivity contribution in [3.63, 3.8) is 0 Å². The molecular weight excluding hydrogens is 421 g/mol. The van der Waals surface area contributed by atoms with Gasteiger partial charge in [-0.05, 0) is 53.4 Å². The number of carbonyl (C=O) groups is 1. The topological polar surface area (TPSA) is 79.8 Å². The Morgan fingerprint density at radius 1 is 1.26 bits per heavy atom. The lowest BCUT2D eigenvalue weighted by Crippen LogP contribution is -2.35. The van der Waals surface area contributed by atoms with Crippen molar-refractivity contribution in [2.24, 2.45) is 5.18 Å². The second-order valence-electron chi connectivity index (χ2n) is 6.59. The molecule has 2 aromatic carbocycles. The van der Waals surface area contributed by atoms with Gasteiger partial charge in [-0.15, -0.1) is 4.91 Å². The number of urea groups is 1. The van der Waals surface area contributed by atoms with Crippen LogP contribution in [0.15, 0.2) is 65.5 Å². The molecule has 0 saturated heterocycles. The van der Waals surface area contributed by atoms with Crippen LogP contribution in [0.2, 0.25) is 5.02 Å². The lowest BCUT2D eigenvalue weighted by molar-refractivity contribution is 0.241. The molecule has 2 aromatic rings. The first-order valence-corrected chi connectivity index (χ1v) is 10.2. The number of hydrogen-bond acceptors (Lipinski definition) is 4. The van der Waals surface area contributed by atoms with E-state index in [1.807, 2.05) is 6.92 Å². The minimum absolute atomic E-state index is 0.162. The summed E-state index contributed by atoms with van der Waals surface area (Å²) in [6.45, 7) is 2.81. The molecule has 0 fully saturated rings. The van der Waals surface area contributed by atoms with E-state index >= 15 is 4.39 Å². The molecular formula is C23H25ClFN3O3. The largest absolute Gasteiger partial charge is 0.496 e. The molecule has 164 valence electrons. The number of carbonyl (C=O) groups excluding carboxylic acids is 1. The highest BCUT2D eigenvalue weighted by atomic mass is 35.5. The molecule has 0 aliphatic carbocycles. The fourth-order valence-corrected chi connectivity index (χ4v) is 3.17. The van der Waals surface area contributed by atoms with Gasteiger partial charge in [-0.2, -0.15) is 0 Å².